The van der Waals surface area contributed by atoms with Crippen LogP contribution in [-0.4, -0.2) is 36.2 Å². The van der Waals surface area contributed by atoms with Crippen LogP contribution >= 0.6 is 0 Å². The first-order chi connectivity index (χ1) is 13.1. The van der Waals surface area contributed by atoms with E-state index in [-0.39, 0.29) is 11.8 Å². The molecule has 4 aromatic rings. The van der Waals surface area contributed by atoms with Crippen molar-refractivity contribution in [2.75, 3.05) is 10.6 Å². The average Bonchev–Trinajstić information content (AvgIpc) is 3.28. The van der Waals surface area contributed by atoms with Crippen LogP contribution in [0.5, 0.6) is 0 Å². The van der Waals surface area contributed by atoms with Crippen LogP contribution in [0.15, 0.2) is 61.2 Å². The molecule has 0 saturated carbocycles. The topological polar surface area (TPSA) is 106 Å². The van der Waals surface area contributed by atoms with E-state index in [1.54, 1.807) is 66.7 Å². The molecule has 0 radical (unpaired) electrons. The molecular weight excluding hydrogens is 346 g/mol. The minimum atomic E-state index is -0.336. The Morgan fingerprint density at radius 1 is 1.00 bits per heavy atom. The summed E-state index contributed by atoms with van der Waals surface area (Å²) in [6.07, 6.45) is 6.47. The molecule has 0 fully saturated rings. The van der Waals surface area contributed by atoms with Crippen molar-refractivity contribution in [3.05, 3.63) is 72.4 Å². The Morgan fingerprint density at radius 3 is 2.52 bits per heavy atom. The highest BCUT2D eigenvalue weighted by Crippen LogP contribution is 2.17. The summed E-state index contributed by atoms with van der Waals surface area (Å²) < 4.78 is 3.08. The lowest BCUT2D eigenvalue weighted by atomic mass is 10.2. The molecule has 0 saturated heterocycles. The molecule has 0 spiro atoms. The highest BCUT2D eigenvalue weighted by molar-refractivity contribution is 6.08. The van der Waals surface area contributed by atoms with E-state index in [0.717, 1.165) is 0 Å². The summed E-state index contributed by atoms with van der Waals surface area (Å²) in [6.45, 7) is 0. The summed E-state index contributed by atoms with van der Waals surface area (Å²) in [7, 11) is 1.74. The van der Waals surface area contributed by atoms with E-state index in [1.165, 1.54) is 10.7 Å². The molecule has 2 N–H and O–H groups in total. The smallest absolute Gasteiger partial charge is 0.276 e. The van der Waals surface area contributed by atoms with E-state index in [9.17, 15) is 9.59 Å². The number of carbonyl (C=O) groups is 2. The van der Waals surface area contributed by atoms with Gasteiger partial charge in [0.2, 0.25) is 0 Å². The van der Waals surface area contributed by atoms with Gasteiger partial charge in [-0.3, -0.25) is 14.3 Å². The first-order valence-corrected chi connectivity index (χ1v) is 8.11. The first-order valence-electron chi connectivity index (χ1n) is 8.11. The van der Waals surface area contributed by atoms with Crippen LogP contribution in [-0.2, 0) is 7.05 Å². The Bertz CT molecular complexity index is 1150. The molecule has 0 aliphatic heterocycles. The van der Waals surface area contributed by atoms with Crippen molar-refractivity contribution in [1.29, 1.82) is 0 Å². The van der Waals surface area contributed by atoms with Crippen molar-refractivity contribution in [2.24, 2.45) is 7.05 Å². The molecule has 9 heteroatoms. The van der Waals surface area contributed by atoms with Crippen LogP contribution in [0, 0.1) is 0 Å². The molecular formula is C18H15N7O2. The SMILES string of the molecule is Cn1ccc(C(=O)Nc2cccc(NC(=O)c3cnn4cccnc34)c2)n1. The molecule has 134 valence electrons. The highest BCUT2D eigenvalue weighted by Gasteiger charge is 2.14. The number of carbonyl (C=O) groups excluding carboxylic acids is 2. The third kappa shape index (κ3) is 3.38. The summed E-state index contributed by atoms with van der Waals surface area (Å²) in [5.41, 5.74) is 2.22. The van der Waals surface area contributed by atoms with Gasteiger partial charge in [-0.25, -0.2) is 9.50 Å². The van der Waals surface area contributed by atoms with Crippen LogP contribution in [0.25, 0.3) is 5.65 Å². The number of rotatable bonds is 4. The maximum absolute atomic E-state index is 12.5. The van der Waals surface area contributed by atoms with Gasteiger partial charge in [0, 0.05) is 37.0 Å². The van der Waals surface area contributed by atoms with Gasteiger partial charge in [0.05, 0.1) is 6.20 Å². The van der Waals surface area contributed by atoms with Crippen molar-refractivity contribution in [3.8, 4) is 0 Å². The summed E-state index contributed by atoms with van der Waals surface area (Å²) in [5.74, 6) is -0.664. The summed E-state index contributed by atoms with van der Waals surface area (Å²) in [5, 5.41) is 13.7. The molecule has 0 bridgehead atoms. The number of nitrogens with one attached hydrogen (secondary N) is 2. The van der Waals surface area contributed by atoms with Gasteiger partial charge in [0.25, 0.3) is 11.8 Å². The second-order valence-electron chi connectivity index (χ2n) is 5.81. The minimum Gasteiger partial charge on any atom is -0.322 e. The first kappa shape index (κ1) is 16.5. The van der Waals surface area contributed by atoms with Crippen molar-refractivity contribution in [2.45, 2.75) is 0 Å². The number of nitrogens with zero attached hydrogens (tertiary/aromatic N) is 5. The van der Waals surface area contributed by atoms with E-state index in [1.807, 2.05) is 0 Å². The Labute approximate surface area is 153 Å². The second kappa shape index (κ2) is 6.71. The molecule has 0 aliphatic carbocycles. The van der Waals surface area contributed by atoms with Gasteiger partial charge in [-0.15, -0.1) is 0 Å². The lowest BCUT2D eigenvalue weighted by molar-refractivity contribution is 0.101. The zero-order valence-electron chi connectivity index (χ0n) is 14.3. The van der Waals surface area contributed by atoms with Crippen molar-refractivity contribution in [1.82, 2.24) is 24.4 Å². The lowest BCUT2D eigenvalue weighted by Gasteiger charge is -2.07. The number of hydrogen-bond donors (Lipinski definition) is 2. The van der Waals surface area contributed by atoms with Crippen LogP contribution in [0.2, 0.25) is 0 Å². The highest BCUT2D eigenvalue weighted by atomic mass is 16.2. The number of hydrogen-bond acceptors (Lipinski definition) is 5. The monoisotopic (exact) mass is 361 g/mol. The van der Waals surface area contributed by atoms with Crippen molar-refractivity contribution >= 4 is 28.8 Å². The van der Waals surface area contributed by atoms with E-state index >= 15 is 0 Å². The average molecular weight is 361 g/mol. The van der Waals surface area contributed by atoms with E-state index in [2.05, 4.69) is 25.8 Å². The van der Waals surface area contributed by atoms with E-state index in [4.69, 9.17) is 0 Å². The largest absolute Gasteiger partial charge is 0.322 e. The van der Waals surface area contributed by atoms with Gasteiger partial charge in [-0.05, 0) is 30.3 Å². The van der Waals surface area contributed by atoms with Gasteiger partial charge >= 0.3 is 0 Å². The molecule has 2 amide bonds. The van der Waals surface area contributed by atoms with Gasteiger partial charge < -0.3 is 10.6 Å². The standard InChI is InChI=1S/C18H15N7O2/c1-24-9-6-15(23-24)18(27)22-13-5-2-4-12(10-13)21-17(26)14-11-20-25-8-3-7-19-16(14)25/h2-11H,1H3,(H,21,26)(H,22,27). The molecule has 9 nitrogen and oxygen atoms in total. The third-order valence-corrected chi connectivity index (χ3v) is 3.85. The number of anilines is 2. The summed E-state index contributed by atoms with van der Waals surface area (Å²) in [6, 6.07) is 10.2. The molecule has 0 atom stereocenters. The fourth-order valence-corrected chi connectivity index (χ4v) is 2.59. The predicted molar refractivity (Wildman–Crippen MR) is 98.5 cm³/mol. The van der Waals surface area contributed by atoms with Crippen LogP contribution in [0.1, 0.15) is 20.8 Å². The Balaban J connectivity index is 1.50. The third-order valence-electron chi connectivity index (χ3n) is 3.85. The van der Waals surface area contributed by atoms with Crippen molar-refractivity contribution < 1.29 is 9.59 Å². The lowest BCUT2D eigenvalue weighted by Crippen LogP contribution is -2.14. The minimum absolute atomic E-state index is 0.310. The Kier molecular flexibility index (Phi) is 4.09. The maximum Gasteiger partial charge on any atom is 0.276 e. The number of amides is 2. The van der Waals surface area contributed by atoms with Crippen LogP contribution in [0.3, 0.4) is 0 Å². The zero-order valence-corrected chi connectivity index (χ0v) is 14.3. The normalized spacial score (nSPS) is 10.7. The van der Waals surface area contributed by atoms with Crippen LogP contribution < -0.4 is 10.6 Å². The van der Waals surface area contributed by atoms with Gasteiger partial charge in [-0.2, -0.15) is 10.2 Å². The number of aromatic nitrogens is 5. The molecule has 3 aromatic heterocycles. The molecule has 4 rings (SSSR count). The van der Waals surface area contributed by atoms with Crippen molar-refractivity contribution in [3.63, 3.8) is 0 Å². The number of aryl methyl sites for hydroxylation is 1. The molecule has 0 aliphatic rings. The molecule has 27 heavy (non-hydrogen) atoms. The quantitative estimate of drug-likeness (QED) is 0.578. The number of benzene rings is 1. The number of fused-ring (bicyclic) bond motifs is 1. The maximum atomic E-state index is 12.5. The van der Waals surface area contributed by atoms with E-state index in [0.29, 0.717) is 28.3 Å². The van der Waals surface area contributed by atoms with Crippen LogP contribution in [0.4, 0.5) is 11.4 Å². The second-order valence-corrected chi connectivity index (χ2v) is 5.81. The predicted octanol–water partition coefficient (Wildman–Crippen LogP) is 1.97. The molecule has 3 heterocycles. The van der Waals surface area contributed by atoms with Gasteiger partial charge in [-0.1, -0.05) is 6.07 Å². The zero-order chi connectivity index (χ0) is 18.8. The molecule has 0 unspecified atom stereocenters. The fourth-order valence-electron chi connectivity index (χ4n) is 2.59. The van der Waals surface area contributed by atoms with Gasteiger partial charge in [0.15, 0.2) is 11.3 Å². The van der Waals surface area contributed by atoms with Gasteiger partial charge in [0.1, 0.15) is 5.56 Å². The Hall–Kier alpha value is -4.01. The Morgan fingerprint density at radius 2 is 1.78 bits per heavy atom. The fraction of sp³-hybridized carbons (Fsp3) is 0.0556. The summed E-state index contributed by atoms with van der Waals surface area (Å²) in [4.78, 5) is 28.9. The summed E-state index contributed by atoms with van der Waals surface area (Å²) >= 11 is 0. The molecule has 1 aromatic carbocycles. The van der Waals surface area contributed by atoms with E-state index < -0.39 is 0 Å².